The van der Waals surface area contributed by atoms with Crippen LogP contribution >= 0.6 is 0 Å². The minimum Gasteiger partial charge on any atom is -0.462 e. The summed E-state index contributed by atoms with van der Waals surface area (Å²) in [6.45, 7) is 9.09. The Hall–Kier alpha value is -1.59. The first-order chi connectivity index (χ1) is 33.9. The Morgan fingerprint density at radius 3 is 0.710 bits per heavy atom. The number of carbonyl (C=O) groups excluding carboxylic acids is 3. The smallest absolute Gasteiger partial charge is 0.306 e. The second kappa shape index (κ2) is 57.3. The lowest BCUT2D eigenvalue weighted by Crippen LogP contribution is -2.30. The molecule has 0 bridgehead atoms. The molecule has 0 aliphatic heterocycles. The first-order valence-electron chi connectivity index (χ1n) is 31.4. The van der Waals surface area contributed by atoms with E-state index in [1.54, 1.807) is 0 Å². The zero-order chi connectivity index (χ0) is 50.2. The van der Waals surface area contributed by atoms with E-state index in [0.717, 1.165) is 63.7 Å². The molecule has 6 heteroatoms. The SMILES string of the molecule is CCCCCCCCCCCCCCCCCCC(=O)OC[C@@H](COC(=O)CCCCCCCCCCCCCCCCCCCCC(C)C)OC(=O)CCCCCCCCCCCCCCCC. The predicted molar refractivity (Wildman–Crippen MR) is 298 cm³/mol. The molecule has 0 spiro atoms. The average Bonchev–Trinajstić information content (AvgIpc) is 3.34. The maximum atomic E-state index is 12.9. The molecule has 0 rings (SSSR count). The van der Waals surface area contributed by atoms with Crippen molar-refractivity contribution in [3.8, 4) is 0 Å². The van der Waals surface area contributed by atoms with Gasteiger partial charge in [-0.2, -0.15) is 0 Å². The summed E-state index contributed by atoms with van der Waals surface area (Å²) in [6.07, 6.45) is 63.9. The number of ether oxygens (including phenoxy) is 3. The lowest BCUT2D eigenvalue weighted by atomic mass is 10.0. The molecule has 0 aliphatic carbocycles. The number of carbonyl (C=O) groups is 3. The lowest BCUT2D eigenvalue weighted by molar-refractivity contribution is -0.167. The van der Waals surface area contributed by atoms with Crippen molar-refractivity contribution in [3.05, 3.63) is 0 Å². The third kappa shape index (κ3) is 57.2. The van der Waals surface area contributed by atoms with Crippen molar-refractivity contribution >= 4 is 17.9 Å². The van der Waals surface area contributed by atoms with Crippen molar-refractivity contribution in [2.45, 2.75) is 368 Å². The summed E-state index contributed by atoms with van der Waals surface area (Å²) in [5.74, 6) is 0.0306. The van der Waals surface area contributed by atoms with Gasteiger partial charge >= 0.3 is 17.9 Å². The van der Waals surface area contributed by atoms with E-state index in [1.165, 1.54) is 257 Å². The molecule has 6 nitrogen and oxygen atoms in total. The van der Waals surface area contributed by atoms with Gasteiger partial charge in [0.05, 0.1) is 0 Å². The van der Waals surface area contributed by atoms with E-state index in [-0.39, 0.29) is 31.1 Å². The monoisotopic (exact) mass is 975 g/mol. The van der Waals surface area contributed by atoms with Gasteiger partial charge < -0.3 is 14.2 Å². The van der Waals surface area contributed by atoms with E-state index < -0.39 is 6.10 Å². The van der Waals surface area contributed by atoms with Crippen molar-refractivity contribution in [3.63, 3.8) is 0 Å². The summed E-state index contributed by atoms with van der Waals surface area (Å²) < 4.78 is 16.9. The standard InChI is InChI=1S/C63H122O6/c1-5-7-9-11-13-15-17-19-21-27-31-34-38-42-46-50-54-61(64)67-57-60(69-63(66)56-52-48-44-40-36-30-20-18-16-14-12-10-8-6-2)58-68-62(65)55-51-47-43-39-35-32-28-25-23-22-24-26-29-33-37-41-45-49-53-59(3)4/h59-60H,5-58H2,1-4H3/t60-/m0/s1. The molecule has 0 aromatic rings. The highest BCUT2D eigenvalue weighted by molar-refractivity contribution is 5.71. The van der Waals surface area contributed by atoms with E-state index in [1.807, 2.05) is 0 Å². The van der Waals surface area contributed by atoms with Crippen LogP contribution in [0, 0.1) is 5.92 Å². The van der Waals surface area contributed by atoms with Crippen molar-refractivity contribution < 1.29 is 28.6 Å². The molecule has 0 saturated heterocycles. The molecule has 0 heterocycles. The quantitative estimate of drug-likeness (QED) is 0.0343. The maximum absolute atomic E-state index is 12.9. The van der Waals surface area contributed by atoms with Crippen LogP contribution in [-0.4, -0.2) is 37.2 Å². The molecule has 0 saturated carbocycles. The van der Waals surface area contributed by atoms with Crippen LogP contribution in [0.4, 0.5) is 0 Å². The molecule has 410 valence electrons. The van der Waals surface area contributed by atoms with Crippen LogP contribution in [0.2, 0.25) is 0 Å². The number of hydrogen-bond donors (Lipinski definition) is 0. The van der Waals surface area contributed by atoms with Crippen LogP contribution in [0.1, 0.15) is 362 Å². The Balaban J connectivity index is 4.24. The molecule has 0 aromatic carbocycles. The second-order valence-electron chi connectivity index (χ2n) is 22.2. The molecule has 0 aliphatic rings. The van der Waals surface area contributed by atoms with Gasteiger partial charge in [0.25, 0.3) is 0 Å². The normalized spacial score (nSPS) is 12.0. The van der Waals surface area contributed by atoms with Crippen molar-refractivity contribution in [1.29, 1.82) is 0 Å². The summed E-state index contributed by atoms with van der Waals surface area (Å²) >= 11 is 0. The van der Waals surface area contributed by atoms with Gasteiger partial charge in [-0.3, -0.25) is 14.4 Å². The molecule has 69 heavy (non-hydrogen) atoms. The van der Waals surface area contributed by atoms with Crippen LogP contribution < -0.4 is 0 Å². The third-order valence-electron chi connectivity index (χ3n) is 14.5. The van der Waals surface area contributed by atoms with Gasteiger partial charge in [-0.05, 0) is 25.2 Å². The number of unbranched alkanes of at least 4 members (excludes halogenated alkanes) is 45. The topological polar surface area (TPSA) is 78.9 Å². The van der Waals surface area contributed by atoms with Gasteiger partial charge in [-0.25, -0.2) is 0 Å². The van der Waals surface area contributed by atoms with Gasteiger partial charge in [0, 0.05) is 19.3 Å². The third-order valence-corrected chi connectivity index (χ3v) is 14.5. The molecule has 0 aromatic heterocycles. The summed E-state index contributed by atoms with van der Waals surface area (Å²) in [5, 5.41) is 0. The van der Waals surface area contributed by atoms with Crippen molar-refractivity contribution in [2.75, 3.05) is 13.2 Å². The number of esters is 3. The van der Waals surface area contributed by atoms with E-state index in [0.29, 0.717) is 19.3 Å². The van der Waals surface area contributed by atoms with Gasteiger partial charge in [-0.1, -0.05) is 323 Å². The van der Waals surface area contributed by atoms with Crippen LogP contribution in [0.25, 0.3) is 0 Å². The fourth-order valence-electron chi connectivity index (χ4n) is 9.81. The van der Waals surface area contributed by atoms with Crippen LogP contribution in [0.5, 0.6) is 0 Å². The van der Waals surface area contributed by atoms with Gasteiger partial charge in [0.1, 0.15) is 13.2 Å². The van der Waals surface area contributed by atoms with Crippen molar-refractivity contribution in [2.24, 2.45) is 5.92 Å². The molecule has 0 fully saturated rings. The Bertz CT molecular complexity index is 1040. The second-order valence-corrected chi connectivity index (χ2v) is 22.2. The minimum absolute atomic E-state index is 0.0612. The molecule has 0 unspecified atom stereocenters. The highest BCUT2D eigenvalue weighted by Crippen LogP contribution is 2.19. The number of hydrogen-bond acceptors (Lipinski definition) is 6. The molecular weight excluding hydrogens is 853 g/mol. The summed E-state index contributed by atoms with van der Waals surface area (Å²) in [7, 11) is 0. The lowest BCUT2D eigenvalue weighted by Gasteiger charge is -2.18. The minimum atomic E-state index is -0.762. The molecule has 0 amide bonds. The molecule has 0 N–H and O–H groups in total. The zero-order valence-electron chi connectivity index (χ0n) is 47.3. The van der Waals surface area contributed by atoms with Crippen LogP contribution in [0.15, 0.2) is 0 Å². The fourth-order valence-corrected chi connectivity index (χ4v) is 9.81. The average molecular weight is 976 g/mol. The summed E-state index contributed by atoms with van der Waals surface area (Å²) in [4.78, 5) is 38.2. The Morgan fingerprint density at radius 2 is 0.478 bits per heavy atom. The predicted octanol–water partition coefficient (Wildman–Crippen LogP) is 21.0. The van der Waals surface area contributed by atoms with E-state index in [4.69, 9.17) is 14.2 Å². The molecule has 0 radical (unpaired) electrons. The van der Waals surface area contributed by atoms with Gasteiger partial charge in [0.15, 0.2) is 6.10 Å². The van der Waals surface area contributed by atoms with E-state index in [9.17, 15) is 14.4 Å². The summed E-state index contributed by atoms with van der Waals surface area (Å²) in [5.41, 5.74) is 0. The van der Waals surface area contributed by atoms with E-state index in [2.05, 4.69) is 27.7 Å². The van der Waals surface area contributed by atoms with E-state index >= 15 is 0 Å². The fraction of sp³-hybridized carbons (Fsp3) is 0.952. The highest BCUT2D eigenvalue weighted by atomic mass is 16.6. The highest BCUT2D eigenvalue weighted by Gasteiger charge is 2.19. The van der Waals surface area contributed by atoms with Gasteiger partial charge in [-0.15, -0.1) is 0 Å². The number of rotatable bonds is 58. The first-order valence-corrected chi connectivity index (χ1v) is 31.4. The van der Waals surface area contributed by atoms with Crippen LogP contribution in [0.3, 0.4) is 0 Å². The van der Waals surface area contributed by atoms with Gasteiger partial charge in [0.2, 0.25) is 0 Å². The van der Waals surface area contributed by atoms with Crippen LogP contribution in [-0.2, 0) is 28.6 Å². The largest absolute Gasteiger partial charge is 0.462 e. The Morgan fingerprint density at radius 1 is 0.275 bits per heavy atom. The zero-order valence-corrected chi connectivity index (χ0v) is 47.3. The van der Waals surface area contributed by atoms with Crippen molar-refractivity contribution in [1.82, 2.24) is 0 Å². The Labute approximate surface area is 431 Å². The Kier molecular flexibility index (Phi) is 56.0. The molecule has 1 atom stereocenters. The molecular formula is C63H122O6. The first kappa shape index (κ1) is 67.4. The summed E-state index contributed by atoms with van der Waals surface area (Å²) in [6, 6.07) is 0. The maximum Gasteiger partial charge on any atom is 0.306 e.